The van der Waals surface area contributed by atoms with Crippen LogP contribution in [0.2, 0.25) is 0 Å². The second kappa shape index (κ2) is 11.0. The van der Waals surface area contributed by atoms with E-state index < -0.39 is 18.0 Å². The molecule has 34 heavy (non-hydrogen) atoms. The first kappa shape index (κ1) is 25.0. The molecule has 0 aliphatic rings. The Kier molecular flexibility index (Phi) is 8.04. The third-order valence-corrected chi connectivity index (χ3v) is 5.75. The van der Waals surface area contributed by atoms with Crippen molar-refractivity contribution in [2.24, 2.45) is 0 Å². The summed E-state index contributed by atoms with van der Waals surface area (Å²) in [5, 5.41) is 3.14. The van der Waals surface area contributed by atoms with Crippen LogP contribution in [0.3, 0.4) is 0 Å². The summed E-state index contributed by atoms with van der Waals surface area (Å²) in [5.41, 5.74) is 3.14. The van der Waals surface area contributed by atoms with E-state index >= 15 is 0 Å². The summed E-state index contributed by atoms with van der Waals surface area (Å²) >= 11 is 0. The molecule has 0 aliphatic carbocycles. The van der Waals surface area contributed by atoms with E-state index in [9.17, 15) is 14.4 Å². The number of carbonyl (C=O) groups excluding carboxylic acids is 2. The Morgan fingerprint density at radius 1 is 1.12 bits per heavy atom. The maximum atomic E-state index is 13.7. The quantitative estimate of drug-likeness (QED) is 0.508. The molecule has 0 fully saturated rings. The molecular formula is C26H32N4O4. The number of fused-ring (bicyclic) bond motifs is 1. The molecule has 0 bridgehead atoms. The molecule has 1 atom stereocenters. The van der Waals surface area contributed by atoms with Crippen molar-refractivity contribution in [1.82, 2.24) is 19.8 Å². The van der Waals surface area contributed by atoms with Gasteiger partial charge < -0.3 is 15.0 Å². The van der Waals surface area contributed by atoms with Crippen molar-refractivity contribution >= 4 is 22.9 Å². The molecule has 2 amide bonds. The molecule has 2 aromatic carbocycles. The van der Waals surface area contributed by atoms with E-state index in [-0.39, 0.29) is 18.7 Å². The summed E-state index contributed by atoms with van der Waals surface area (Å²) in [6.45, 7) is 9.85. The molecule has 0 radical (unpaired) electrons. The number of hydrogen-bond acceptors (Lipinski definition) is 5. The lowest BCUT2D eigenvalue weighted by Gasteiger charge is -2.31. The number of hydrogen-bond donors (Lipinski definition) is 1. The molecule has 1 N–H and O–H groups in total. The number of carbonyl (C=O) groups is 2. The molecule has 1 aromatic heterocycles. The zero-order chi connectivity index (χ0) is 24.8. The van der Waals surface area contributed by atoms with Crippen LogP contribution in [0.1, 0.15) is 50.2 Å². The minimum absolute atomic E-state index is 0.186. The average Bonchev–Trinajstić information content (AvgIpc) is 2.82. The Labute approximate surface area is 199 Å². The van der Waals surface area contributed by atoms with Crippen LogP contribution in [0.5, 0.6) is 0 Å². The number of ether oxygens (including phenoxy) is 1. The highest BCUT2D eigenvalue weighted by molar-refractivity contribution is 5.81. The topological polar surface area (TPSA) is 93.5 Å². The fourth-order valence-electron chi connectivity index (χ4n) is 4.17. The fraction of sp³-hybridized carbons (Fsp3) is 0.385. The van der Waals surface area contributed by atoms with Crippen LogP contribution in [0.25, 0.3) is 16.6 Å². The van der Waals surface area contributed by atoms with Crippen LogP contribution in [-0.2, 0) is 9.53 Å². The lowest BCUT2D eigenvalue weighted by Crippen LogP contribution is -2.45. The van der Waals surface area contributed by atoms with Gasteiger partial charge in [-0.05, 0) is 57.9 Å². The van der Waals surface area contributed by atoms with Crippen molar-refractivity contribution in [3.8, 4) is 5.69 Å². The first-order valence-electron chi connectivity index (χ1n) is 11.6. The van der Waals surface area contributed by atoms with E-state index in [0.29, 0.717) is 29.7 Å². The van der Waals surface area contributed by atoms with E-state index in [2.05, 4.69) is 5.32 Å². The number of urea groups is 1. The van der Waals surface area contributed by atoms with E-state index in [0.717, 1.165) is 16.8 Å². The molecule has 0 saturated carbocycles. The van der Waals surface area contributed by atoms with Gasteiger partial charge in [0.15, 0.2) is 0 Å². The highest BCUT2D eigenvalue weighted by atomic mass is 16.5. The first-order chi connectivity index (χ1) is 16.3. The van der Waals surface area contributed by atoms with E-state index in [1.807, 2.05) is 58.0 Å². The monoisotopic (exact) mass is 464 g/mol. The molecule has 0 saturated heterocycles. The number of nitrogens with one attached hydrogen (secondary N) is 1. The predicted octanol–water partition coefficient (Wildman–Crippen LogP) is 4.05. The maximum Gasteiger partial charge on any atom is 0.325 e. The van der Waals surface area contributed by atoms with Crippen molar-refractivity contribution in [2.75, 3.05) is 19.7 Å². The van der Waals surface area contributed by atoms with Gasteiger partial charge in [-0.15, -0.1) is 0 Å². The standard InChI is InChI=1S/C26H32N4O4/c1-6-21(29(7-2)26(33)27-16-23(31)34-8-3)24-28-20-12-10-9-11-19(20)25(32)30(24)22-14-13-17(4)15-18(22)5/h9-15,21H,6-8,16H2,1-5H3,(H,27,33). The number of amides is 2. The van der Waals surface area contributed by atoms with Gasteiger partial charge in [-0.1, -0.05) is 36.8 Å². The molecule has 180 valence electrons. The molecule has 1 unspecified atom stereocenters. The summed E-state index contributed by atoms with van der Waals surface area (Å²) in [4.78, 5) is 45.0. The van der Waals surface area contributed by atoms with Gasteiger partial charge in [0.2, 0.25) is 0 Å². The number of aromatic nitrogens is 2. The number of para-hydroxylation sites is 1. The summed E-state index contributed by atoms with van der Waals surface area (Å²) in [6, 6.07) is 12.2. The normalized spacial score (nSPS) is 11.8. The third-order valence-electron chi connectivity index (χ3n) is 5.75. The van der Waals surface area contributed by atoms with Crippen LogP contribution in [-0.4, -0.2) is 46.1 Å². The summed E-state index contributed by atoms with van der Waals surface area (Å²) in [6.07, 6.45) is 0.524. The molecule has 3 rings (SSSR count). The average molecular weight is 465 g/mol. The SMILES string of the molecule is CCOC(=O)CNC(=O)N(CC)C(CC)c1nc2ccccc2c(=O)n1-c1ccc(C)cc1C. The van der Waals surface area contributed by atoms with Gasteiger partial charge in [0.05, 0.1) is 29.2 Å². The second-order valence-corrected chi connectivity index (χ2v) is 8.09. The van der Waals surface area contributed by atoms with Crippen LogP contribution in [0.4, 0.5) is 4.79 Å². The van der Waals surface area contributed by atoms with Gasteiger partial charge in [-0.2, -0.15) is 0 Å². The van der Waals surface area contributed by atoms with Crippen LogP contribution >= 0.6 is 0 Å². The Bertz CT molecular complexity index is 1250. The first-order valence-corrected chi connectivity index (χ1v) is 11.6. The largest absolute Gasteiger partial charge is 0.465 e. The molecular weight excluding hydrogens is 432 g/mol. The highest BCUT2D eigenvalue weighted by Crippen LogP contribution is 2.27. The molecule has 0 spiro atoms. The summed E-state index contributed by atoms with van der Waals surface area (Å²) < 4.78 is 6.53. The Morgan fingerprint density at radius 3 is 2.50 bits per heavy atom. The van der Waals surface area contributed by atoms with Gasteiger partial charge in [0, 0.05) is 6.54 Å². The zero-order valence-electron chi connectivity index (χ0n) is 20.4. The van der Waals surface area contributed by atoms with Crippen molar-refractivity contribution in [3.05, 3.63) is 69.8 Å². The third kappa shape index (κ3) is 5.11. The fourth-order valence-corrected chi connectivity index (χ4v) is 4.17. The molecule has 0 aliphatic heterocycles. The van der Waals surface area contributed by atoms with Crippen molar-refractivity contribution in [3.63, 3.8) is 0 Å². The maximum absolute atomic E-state index is 13.7. The van der Waals surface area contributed by atoms with E-state index in [4.69, 9.17) is 9.72 Å². The number of rotatable bonds is 8. The van der Waals surface area contributed by atoms with Crippen molar-refractivity contribution < 1.29 is 14.3 Å². The number of nitrogens with zero attached hydrogens (tertiary/aromatic N) is 3. The van der Waals surface area contributed by atoms with Crippen LogP contribution < -0.4 is 10.9 Å². The molecule has 8 heteroatoms. The van der Waals surface area contributed by atoms with Gasteiger partial charge in [-0.3, -0.25) is 14.2 Å². The van der Waals surface area contributed by atoms with Crippen LogP contribution in [0.15, 0.2) is 47.3 Å². The minimum atomic E-state index is -0.504. The molecule has 3 aromatic rings. The molecule has 1 heterocycles. The number of aryl methyl sites for hydroxylation is 2. The van der Waals surface area contributed by atoms with Crippen molar-refractivity contribution in [2.45, 2.75) is 47.1 Å². The Balaban J connectivity index is 2.16. The van der Waals surface area contributed by atoms with E-state index in [1.165, 1.54) is 0 Å². The van der Waals surface area contributed by atoms with Gasteiger partial charge in [0.25, 0.3) is 5.56 Å². The lowest BCUT2D eigenvalue weighted by atomic mass is 10.1. The number of benzene rings is 2. The van der Waals surface area contributed by atoms with E-state index in [1.54, 1.807) is 28.5 Å². The zero-order valence-corrected chi connectivity index (χ0v) is 20.4. The Morgan fingerprint density at radius 2 is 1.85 bits per heavy atom. The van der Waals surface area contributed by atoms with Gasteiger partial charge in [-0.25, -0.2) is 9.78 Å². The van der Waals surface area contributed by atoms with Gasteiger partial charge in [0.1, 0.15) is 12.4 Å². The minimum Gasteiger partial charge on any atom is -0.465 e. The second-order valence-electron chi connectivity index (χ2n) is 8.09. The highest BCUT2D eigenvalue weighted by Gasteiger charge is 2.28. The predicted molar refractivity (Wildman–Crippen MR) is 132 cm³/mol. The van der Waals surface area contributed by atoms with Crippen molar-refractivity contribution in [1.29, 1.82) is 0 Å². The summed E-state index contributed by atoms with van der Waals surface area (Å²) in [7, 11) is 0. The Hall–Kier alpha value is -3.68. The van der Waals surface area contributed by atoms with Gasteiger partial charge >= 0.3 is 12.0 Å². The smallest absolute Gasteiger partial charge is 0.325 e. The molecule has 8 nitrogen and oxygen atoms in total. The summed E-state index contributed by atoms with van der Waals surface area (Å²) in [5.74, 6) is -0.0257. The van der Waals surface area contributed by atoms with Crippen LogP contribution in [0, 0.1) is 13.8 Å². The number of esters is 1. The lowest BCUT2D eigenvalue weighted by molar-refractivity contribution is -0.141.